The maximum atomic E-state index is 13.4. The van der Waals surface area contributed by atoms with Crippen molar-refractivity contribution in [3.8, 4) is 11.5 Å². The number of carbonyl (C=O) groups excluding carboxylic acids is 2. The van der Waals surface area contributed by atoms with Gasteiger partial charge in [-0.2, -0.15) is 0 Å². The van der Waals surface area contributed by atoms with Gasteiger partial charge in [-0.05, 0) is 66.2 Å². The van der Waals surface area contributed by atoms with Crippen LogP contribution in [0.5, 0.6) is 11.5 Å². The lowest BCUT2D eigenvalue weighted by Gasteiger charge is -2.41. The van der Waals surface area contributed by atoms with Crippen molar-refractivity contribution in [3.05, 3.63) is 94.2 Å². The summed E-state index contributed by atoms with van der Waals surface area (Å²) in [5.41, 5.74) is 0.916. The molecule has 4 rings (SSSR count). The largest absolute Gasteiger partial charge is 0.484 e. The lowest BCUT2D eigenvalue weighted by Crippen LogP contribution is -2.56. The van der Waals surface area contributed by atoms with Crippen molar-refractivity contribution < 1.29 is 28.2 Å². The minimum atomic E-state index is -0.531. The highest BCUT2D eigenvalue weighted by atomic mass is 35.5. The van der Waals surface area contributed by atoms with Crippen molar-refractivity contribution in [3.63, 3.8) is 0 Å². The predicted molar refractivity (Wildman–Crippen MR) is 142 cm³/mol. The Morgan fingerprint density at radius 2 is 1.39 bits per heavy atom. The first-order valence-corrected chi connectivity index (χ1v) is 12.8. The van der Waals surface area contributed by atoms with E-state index in [4.69, 9.17) is 37.4 Å². The Labute approximate surface area is 230 Å². The van der Waals surface area contributed by atoms with Gasteiger partial charge in [0.1, 0.15) is 23.9 Å². The fraction of sp³-hybridized carbons (Fsp3) is 0.286. The third kappa shape index (κ3) is 8.34. The van der Waals surface area contributed by atoms with Gasteiger partial charge in [-0.15, -0.1) is 0 Å². The topological polar surface area (TPSA) is 68.3 Å². The highest BCUT2D eigenvalue weighted by Gasteiger charge is 2.31. The summed E-state index contributed by atoms with van der Waals surface area (Å²) in [6.45, 7) is 1.57. The van der Waals surface area contributed by atoms with Crippen LogP contribution >= 0.6 is 23.2 Å². The summed E-state index contributed by atoms with van der Waals surface area (Å²) >= 11 is 11.8. The summed E-state index contributed by atoms with van der Waals surface area (Å²) < 4.78 is 30.0. The zero-order valence-electron chi connectivity index (χ0n) is 20.5. The molecule has 38 heavy (non-hydrogen) atoms. The van der Waals surface area contributed by atoms with E-state index in [-0.39, 0.29) is 37.6 Å². The highest BCUT2D eigenvalue weighted by Crippen LogP contribution is 2.19. The number of amides is 1. The molecule has 1 saturated heterocycles. The SMILES string of the molecule is O=C(COc1ccc(Cl)cc1)OCC1CN(C(=O)COc2ccc(Cl)cc2)CCN1Cc1ccc(F)cc1. The molecular formula is C28H27Cl2FN2O5. The molecule has 1 aliphatic heterocycles. The van der Waals surface area contributed by atoms with Crippen LogP contribution in [0.4, 0.5) is 4.39 Å². The van der Waals surface area contributed by atoms with Gasteiger partial charge in [0.05, 0.1) is 6.04 Å². The average molecular weight is 561 g/mol. The van der Waals surface area contributed by atoms with E-state index in [1.807, 2.05) is 0 Å². The van der Waals surface area contributed by atoms with Crippen LogP contribution in [-0.4, -0.2) is 67.2 Å². The molecule has 0 N–H and O–H groups in total. The van der Waals surface area contributed by atoms with Gasteiger partial charge < -0.3 is 19.1 Å². The van der Waals surface area contributed by atoms with Gasteiger partial charge in [-0.1, -0.05) is 35.3 Å². The van der Waals surface area contributed by atoms with Crippen LogP contribution in [0.3, 0.4) is 0 Å². The van der Waals surface area contributed by atoms with E-state index in [2.05, 4.69) is 4.90 Å². The molecule has 7 nitrogen and oxygen atoms in total. The first-order chi connectivity index (χ1) is 18.4. The number of ether oxygens (including phenoxy) is 3. The molecule has 1 unspecified atom stereocenters. The number of benzene rings is 3. The van der Waals surface area contributed by atoms with E-state index in [0.29, 0.717) is 47.7 Å². The number of rotatable bonds is 10. The number of piperazine rings is 1. The summed E-state index contributed by atoms with van der Waals surface area (Å²) in [7, 11) is 0. The van der Waals surface area contributed by atoms with Gasteiger partial charge >= 0.3 is 5.97 Å². The molecule has 200 valence electrons. The molecule has 0 saturated carbocycles. The van der Waals surface area contributed by atoms with Crippen molar-refractivity contribution >= 4 is 35.1 Å². The molecule has 10 heteroatoms. The van der Waals surface area contributed by atoms with Crippen LogP contribution in [0.25, 0.3) is 0 Å². The Bertz CT molecular complexity index is 1210. The molecule has 0 aliphatic carbocycles. The van der Waals surface area contributed by atoms with E-state index >= 15 is 0 Å². The van der Waals surface area contributed by atoms with Gasteiger partial charge in [0, 0.05) is 36.2 Å². The number of halogens is 3. The first-order valence-electron chi connectivity index (χ1n) is 12.0. The number of carbonyl (C=O) groups is 2. The van der Waals surface area contributed by atoms with Crippen LogP contribution in [-0.2, 0) is 20.9 Å². The Morgan fingerprint density at radius 3 is 2.00 bits per heavy atom. The molecule has 0 spiro atoms. The van der Waals surface area contributed by atoms with E-state index in [9.17, 15) is 14.0 Å². The van der Waals surface area contributed by atoms with E-state index in [0.717, 1.165) is 5.56 Å². The van der Waals surface area contributed by atoms with Gasteiger partial charge in [0.15, 0.2) is 13.2 Å². The smallest absolute Gasteiger partial charge is 0.344 e. The lowest BCUT2D eigenvalue weighted by atomic mass is 10.1. The number of hydrogen-bond donors (Lipinski definition) is 0. The number of hydrogen-bond acceptors (Lipinski definition) is 6. The molecule has 0 aromatic heterocycles. The zero-order chi connectivity index (χ0) is 26.9. The van der Waals surface area contributed by atoms with Crippen molar-refractivity contribution in [2.24, 2.45) is 0 Å². The van der Waals surface area contributed by atoms with Gasteiger partial charge in [-0.3, -0.25) is 9.69 Å². The second-order valence-corrected chi connectivity index (χ2v) is 9.63. The van der Waals surface area contributed by atoms with Gasteiger partial charge in [0.25, 0.3) is 5.91 Å². The summed E-state index contributed by atoms with van der Waals surface area (Å²) in [5, 5.41) is 1.15. The third-order valence-electron chi connectivity index (χ3n) is 6.04. The normalized spacial score (nSPS) is 15.7. The van der Waals surface area contributed by atoms with Crippen LogP contribution in [0.15, 0.2) is 72.8 Å². The minimum absolute atomic E-state index is 0.0613. The average Bonchev–Trinajstić information content (AvgIpc) is 2.93. The maximum absolute atomic E-state index is 13.4. The second kappa shape index (κ2) is 13.5. The number of nitrogens with zero attached hydrogens (tertiary/aromatic N) is 2. The molecule has 3 aromatic carbocycles. The Morgan fingerprint density at radius 1 is 0.816 bits per heavy atom. The van der Waals surface area contributed by atoms with E-state index in [1.165, 1.54) is 12.1 Å². The van der Waals surface area contributed by atoms with Gasteiger partial charge in [-0.25, -0.2) is 9.18 Å². The Hall–Kier alpha value is -3.33. The standard InChI is InChI=1S/C28H27Cl2FN2O5/c29-21-3-9-25(10-4-21)36-18-27(34)33-14-13-32(15-20-1-7-23(31)8-2-20)24(16-33)17-38-28(35)19-37-26-11-5-22(30)6-12-26/h1-12,24H,13-19H2. The lowest BCUT2D eigenvalue weighted by molar-refractivity contribution is -0.149. The van der Waals surface area contributed by atoms with Crippen molar-refractivity contribution in [1.29, 1.82) is 0 Å². The van der Waals surface area contributed by atoms with E-state index < -0.39 is 5.97 Å². The second-order valence-electron chi connectivity index (χ2n) is 8.76. The fourth-order valence-corrected chi connectivity index (χ4v) is 4.23. The number of esters is 1. The maximum Gasteiger partial charge on any atom is 0.344 e. The third-order valence-corrected chi connectivity index (χ3v) is 6.54. The quantitative estimate of drug-likeness (QED) is 0.330. The molecule has 0 radical (unpaired) electrons. The van der Waals surface area contributed by atoms with Crippen molar-refractivity contribution in [2.45, 2.75) is 12.6 Å². The molecule has 1 amide bonds. The highest BCUT2D eigenvalue weighted by molar-refractivity contribution is 6.30. The Kier molecular flexibility index (Phi) is 9.81. The molecular weight excluding hydrogens is 534 g/mol. The van der Waals surface area contributed by atoms with Crippen LogP contribution in [0.2, 0.25) is 10.0 Å². The van der Waals surface area contributed by atoms with Crippen LogP contribution < -0.4 is 9.47 Å². The van der Waals surface area contributed by atoms with Gasteiger partial charge in [0.2, 0.25) is 0 Å². The predicted octanol–water partition coefficient (Wildman–Crippen LogP) is 4.85. The summed E-state index contributed by atoms with van der Waals surface area (Å²) in [5.74, 6) is 0.0271. The fourth-order valence-electron chi connectivity index (χ4n) is 3.98. The zero-order valence-corrected chi connectivity index (χ0v) is 22.0. The summed E-state index contributed by atoms with van der Waals surface area (Å²) in [6, 6.07) is 19.4. The minimum Gasteiger partial charge on any atom is -0.484 e. The van der Waals surface area contributed by atoms with Crippen LogP contribution in [0, 0.1) is 5.82 Å². The Balaban J connectivity index is 1.34. The summed E-state index contributed by atoms with van der Waals surface area (Å²) in [4.78, 5) is 29.1. The molecule has 3 aromatic rings. The molecule has 1 atom stereocenters. The van der Waals surface area contributed by atoms with E-state index in [1.54, 1.807) is 65.6 Å². The monoisotopic (exact) mass is 560 g/mol. The van der Waals surface area contributed by atoms with Crippen molar-refractivity contribution in [1.82, 2.24) is 9.80 Å². The summed E-state index contributed by atoms with van der Waals surface area (Å²) in [6.07, 6.45) is 0. The molecule has 0 bridgehead atoms. The first kappa shape index (κ1) is 27.7. The van der Waals surface area contributed by atoms with Crippen LogP contribution in [0.1, 0.15) is 5.56 Å². The van der Waals surface area contributed by atoms with Crippen molar-refractivity contribution in [2.75, 3.05) is 39.5 Å². The molecule has 1 heterocycles. The molecule has 1 aliphatic rings. The molecule has 1 fully saturated rings.